The van der Waals surface area contributed by atoms with E-state index in [2.05, 4.69) is 22.8 Å². The maximum Gasteiger partial charge on any atom is 0.407 e. The molecule has 0 aromatic heterocycles. The summed E-state index contributed by atoms with van der Waals surface area (Å²) in [6.45, 7) is 5.25. The molecule has 1 unspecified atom stereocenters. The lowest BCUT2D eigenvalue weighted by atomic mass is 9.87. The Bertz CT molecular complexity index is 960. The lowest BCUT2D eigenvalue weighted by Gasteiger charge is -2.25. The second-order valence-corrected chi connectivity index (χ2v) is 8.37. The van der Waals surface area contributed by atoms with E-state index in [-0.39, 0.29) is 19.1 Å². The van der Waals surface area contributed by atoms with Gasteiger partial charge >= 0.3 is 12.1 Å². The first-order chi connectivity index (χ1) is 15.3. The minimum absolute atomic E-state index is 0.0134. The van der Waals surface area contributed by atoms with E-state index in [1.54, 1.807) is 20.8 Å². The fourth-order valence-electron chi connectivity index (χ4n) is 3.89. The van der Waals surface area contributed by atoms with Crippen molar-refractivity contribution in [3.8, 4) is 11.1 Å². The third kappa shape index (κ3) is 4.77. The van der Waals surface area contributed by atoms with Crippen LogP contribution >= 0.6 is 0 Å². The molecule has 3 N–H and O–H groups in total. The Labute approximate surface area is 188 Å². The van der Waals surface area contributed by atoms with Crippen molar-refractivity contribution in [2.24, 2.45) is 5.41 Å². The Kier molecular flexibility index (Phi) is 7.18. The monoisotopic (exact) mass is 438 g/mol. The normalized spacial score (nSPS) is 15.1. The highest BCUT2D eigenvalue weighted by molar-refractivity contribution is 5.86. The summed E-state index contributed by atoms with van der Waals surface area (Å²) in [6, 6.07) is 15.3. The molecule has 1 aliphatic carbocycles. The molecule has 0 bridgehead atoms. The average Bonchev–Trinajstić information content (AvgIpc) is 3.13. The zero-order chi connectivity index (χ0) is 23.3. The number of carbonyl (C=O) groups is 3. The van der Waals surface area contributed by atoms with Crippen LogP contribution in [0, 0.1) is 5.41 Å². The van der Waals surface area contributed by atoms with Crippen molar-refractivity contribution in [3.63, 3.8) is 0 Å². The topological polar surface area (TPSA) is 105 Å². The van der Waals surface area contributed by atoms with Gasteiger partial charge in [-0.05, 0) is 42.0 Å². The van der Waals surface area contributed by atoms with E-state index in [9.17, 15) is 19.5 Å². The Morgan fingerprint density at radius 3 is 2.09 bits per heavy atom. The summed E-state index contributed by atoms with van der Waals surface area (Å²) in [4.78, 5) is 36.4. The van der Waals surface area contributed by atoms with E-state index >= 15 is 0 Å². The largest absolute Gasteiger partial charge is 0.481 e. The van der Waals surface area contributed by atoms with Crippen molar-refractivity contribution in [2.45, 2.75) is 45.6 Å². The van der Waals surface area contributed by atoms with E-state index < -0.39 is 29.4 Å². The van der Waals surface area contributed by atoms with Crippen molar-refractivity contribution in [1.82, 2.24) is 10.6 Å². The van der Waals surface area contributed by atoms with Crippen LogP contribution in [-0.2, 0) is 14.3 Å². The minimum Gasteiger partial charge on any atom is -0.481 e. The van der Waals surface area contributed by atoms with Crippen LogP contribution in [0.5, 0.6) is 0 Å². The Morgan fingerprint density at radius 2 is 1.59 bits per heavy atom. The van der Waals surface area contributed by atoms with Gasteiger partial charge in [0.25, 0.3) is 0 Å². The number of carboxylic acids is 1. The number of hydrogen-bond donors (Lipinski definition) is 3. The van der Waals surface area contributed by atoms with E-state index in [1.165, 1.54) is 0 Å². The number of amides is 2. The summed E-state index contributed by atoms with van der Waals surface area (Å²) in [7, 11) is 0. The molecule has 2 atom stereocenters. The van der Waals surface area contributed by atoms with E-state index in [4.69, 9.17) is 4.74 Å². The highest BCUT2D eigenvalue weighted by Gasteiger charge is 2.33. The van der Waals surface area contributed by atoms with Crippen LogP contribution in [0.2, 0.25) is 0 Å². The number of nitrogens with one attached hydrogen (secondary N) is 2. The van der Waals surface area contributed by atoms with Gasteiger partial charge in [0.1, 0.15) is 12.6 Å². The van der Waals surface area contributed by atoms with Gasteiger partial charge in [-0.2, -0.15) is 0 Å². The van der Waals surface area contributed by atoms with Crippen molar-refractivity contribution in [1.29, 1.82) is 0 Å². The smallest absolute Gasteiger partial charge is 0.407 e. The number of alkyl carbamates (subject to hydrolysis) is 1. The highest BCUT2D eigenvalue weighted by Crippen LogP contribution is 2.44. The van der Waals surface area contributed by atoms with Crippen LogP contribution in [0.25, 0.3) is 11.1 Å². The third-order valence-electron chi connectivity index (χ3n) is 6.31. The van der Waals surface area contributed by atoms with Gasteiger partial charge in [-0.25, -0.2) is 4.79 Å². The van der Waals surface area contributed by atoms with Crippen LogP contribution in [-0.4, -0.2) is 42.3 Å². The van der Waals surface area contributed by atoms with Gasteiger partial charge in [0.2, 0.25) is 5.91 Å². The molecule has 7 nitrogen and oxygen atoms in total. The number of ether oxygens (including phenoxy) is 1. The summed E-state index contributed by atoms with van der Waals surface area (Å²) in [5.41, 5.74) is 3.44. The molecule has 0 spiro atoms. The molecule has 32 heavy (non-hydrogen) atoms. The van der Waals surface area contributed by atoms with Crippen molar-refractivity contribution < 1.29 is 24.2 Å². The number of carboxylic acid groups (broad SMARTS) is 1. The summed E-state index contributed by atoms with van der Waals surface area (Å²) >= 11 is 0. The maximum atomic E-state index is 12.5. The number of benzene rings is 2. The summed E-state index contributed by atoms with van der Waals surface area (Å²) < 4.78 is 5.50. The third-order valence-corrected chi connectivity index (χ3v) is 6.31. The zero-order valence-corrected chi connectivity index (χ0v) is 18.7. The van der Waals surface area contributed by atoms with Crippen LogP contribution in [0.1, 0.15) is 50.7 Å². The minimum atomic E-state index is -1.06. The number of aliphatic carboxylic acids is 1. The average molecular weight is 439 g/mol. The van der Waals surface area contributed by atoms with Crippen molar-refractivity contribution in [2.75, 3.05) is 13.2 Å². The SMILES string of the molecule is CC[C@H](NC(=O)OCC1c2ccccc2-c2ccccc21)C(=O)NCC(C)(CC)C(=O)O. The molecule has 3 rings (SSSR count). The highest BCUT2D eigenvalue weighted by atomic mass is 16.5. The molecule has 1 aliphatic rings. The first-order valence-corrected chi connectivity index (χ1v) is 10.9. The summed E-state index contributed by atoms with van der Waals surface area (Å²) in [5, 5.41) is 14.6. The fraction of sp³-hybridized carbons (Fsp3) is 0.400. The molecule has 2 amide bonds. The van der Waals surface area contributed by atoms with Crippen LogP contribution < -0.4 is 10.6 Å². The predicted molar refractivity (Wildman–Crippen MR) is 121 cm³/mol. The Balaban J connectivity index is 1.59. The fourth-order valence-corrected chi connectivity index (χ4v) is 3.89. The van der Waals surface area contributed by atoms with E-state index in [0.29, 0.717) is 12.8 Å². The van der Waals surface area contributed by atoms with E-state index in [0.717, 1.165) is 22.3 Å². The molecule has 0 fully saturated rings. The van der Waals surface area contributed by atoms with E-state index in [1.807, 2.05) is 36.4 Å². The van der Waals surface area contributed by atoms with Crippen LogP contribution in [0.4, 0.5) is 4.79 Å². The lowest BCUT2D eigenvalue weighted by molar-refractivity contribution is -0.148. The predicted octanol–water partition coefficient (Wildman–Crippen LogP) is 3.92. The van der Waals surface area contributed by atoms with Gasteiger partial charge < -0.3 is 20.5 Å². The number of carbonyl (C=O) groups excluding carboxylic acids is 2. The van der Waals surface area contributed by atoms with Gasteiger partial charge in [0, 0.05) is 12.5 Å². The summed E-state index contributed by atoms with van der Waals surface area (Å²) in [5.74, 6) is -1.47. The summed E-state index contributed by atoms with van der Waals surface area (Å²) in [6.07, 6.45) is 0.0517. The molecule has 2 aromatic rings. The number of fused-ring (bicyclic) bond motifs is 3. The second-order valence-electron chi connectivity index (χ2n) is 8.37. The quantitative estimate of drug-likeness (QED) is 0.550. The van der Waals surface area contributed by atoms with Crippen LogP contribution in [0.3, 0.4) is 0 Å². The lowest BCUT2D eigenvalue weighted by Crippen LogP contribution is -2.50. The van der Waals surface area contributed by atoms with Gasteiger partial charge in [-0.1, -0.05) is 62.4 Å². The number of hydrogen-bond acceptors (Lipinski definition) is 4. The molecule has 170 valence electrons. The van der Waals surface area contributed by atoms with Gasteiger partial charge in [0.05, 0.1) is 5.41 Å². The van der Waals surface area contributed by atoms with Gasteiger partial charge in [-0.15, -0.1) is 0 Å². The maximum absolute atomic E-state index is 12.5. The standard InChI is InChI=1S/C25H30N2O5/c1-4-21(22(28)26-15-25(3,5-2)23(29)30)27-24(31)32-14-20-18-12-8-6-10-16(18)17-11-7-9-13-19(17)20/h6-13,20-21H,4-5,14-15H2,1-3H3,(H,26,28)(H,27,31)(H,29,30)/t21-,25?/m0/s1. The molecule has 0 saturated carbocycles. The number of rotatable bonds is 9. The molecule has 0 saturated heterocycles. The Morgan fingerprint density at radius 1 is 1.03 bits per heavy atom. The molecule has 0 radical (unpaired) electrons. The first-order valence-electron chi connectivity index (χ1n) is 10.9. The van der Waals surface area contributed by atoms with Gasteiger partial charge in [0.15, 0.2) is 0 Å². The second kappa shape index (κ2) is 9.85. The molecule has 7 heteroatoms. The first kappa shape index (κ1) is 23.3. The van der Waals surface area contributed by atoms with Gasteiger partial charge in [-0.3, -0.25) is 9.59 Å². The van der Waals surface area contributed by atoms with Crippen molar-refractivity contribution in [3.05, 3.63) is 59.7 Å². The molecular weight excluding hydrogens is 408 g/mol. The molecular formula is C25H30N2O5. The van der Waals surface area contributed by atoms with Crippen molar-refractivity contribution >= 4 is 18.0 Å². The molecule has 0 aliphatic heterocycles. The Hall–Kier alpha value is -3.35. The zero-order valence-electron chi connectivity index (χ0n) is 18.7. The molecule has 2 aromatic carbocycles. The molecule has 0 heterocycles. The van der Waals surface area contributed by atoms with Crippen LogP contribution in [0.15, 0.2) is 48.5 Å².